The molecule has 104 valence electrons. The van der Waals surface area contributed by atoms with Gasteiger partial charge in [-0.05, 0) is 30.2 Å². The maximum atomic E-state index is 13.4. The molecule has 20 heavy (non-hydrogen) atoms. The average molecular weight is 277 g/mol. The Labute approximate surface area is 114 Å². The van der Waals surface area contributed by atoms with Crippen molar-refractivity contribution in [2.24, 2.45) is 0 Å². The molecule has 4 nitrogen and oxygen atoms in total. The van der Waals surface area contributed by atoms with Crippen LogP contribution in [0.5, 0.6) is 0 Å². The molecule has 1 N–H and O–H groups in total. The molecular weight excluding hydrogens is 264 g/mol. The summed E-state index contributed by atoms with van der Waals surface area (Å²) in [7, 11) is 0. The van der Waals surface area contributed by atoms with E-state index >= 15 is 0 Å². The van der Waals surface area contributed by atoms with Gasteiger partial charge in [-0.25, -0.2) is 8.78 Å². The zero-order valence-corrected chi connectivity index (χ0v) is 11.0. The van der Waals surface area contributed by atoms with Crippen LogP contribution >= 0.6 is 0 Å². The third kappa shape index (κ3) is 2.96. The predicted octanol–water partition coefficient (Wildman–Crippen LogP) is 3.13. The van der Waals surface area contributed by atoms with Gasteiger partial charge in [0.25, 0.3) is 5.91 Å². The molecule has 0 saturated carbocycles. The summed E-state index contributed by atoms with van der Waals surface area (Å²) < 4.78 is 26.8. The van der Waals surface area contributed by atoms with Gasteiger partial charge in [0.05, 0.1) is 5.69 Å². The van der Waals surface area contributed by atoms with Crippen LogP contribution in [0.15, 0.2) is 30.3 Å². The summed E-state index contributed by atoms with van der Waals surface area (Å²) in [6.45, 7) is 3.89. The lowest BCUT2D eigenvalue weighted by Gasteiger charge is -2.07. The van der Waals surface area contributed by atoms with E-state index in [0.717, 1.165) is 17.8 Å². The van der Waals surface area contributed by atoms with Gasteiger partial charge in [0.2, 0.25) is 0 Å². The summed E-state index contributed by atoms with van der Waals surface area (Å²) in [4.78, 5) is 11.9. The lowest BCUT2D eigenvalue weighted by atomic mass is 10.1. The zero-order chi connectivity index (χ0) is 14.7. The van der Waals surface area contributed by atoms with E-state index in [0.29, 0.717) is 0 Å². The Morgan fingerprint density at radius 3 is 2.25 bits per heavy atom. The van der Waals surface area contributed by atoms with Gasteiger partial charge >= 0.3 is 0 Å². The number of para-hydroxylation sites is 1. The number of amides is 1. The van der Waals surface area contributed by atoms with E-state index in [2.05, 4.69) is 15.5 Å². The highest BCUT2D eigenvalue weighted by Gasteiger charge is 2.15. The third-order valence-electron chi connectivity index (χ3n) is 2.71. The second kappa shape index (κ2) is 5.73. The Balaban J connectivity index is 2.20. The van der Waals surface area contributed by atoms with E-state index in [1.807, 2.05) is 13.8 Å². The SMILES string of the molecule is CC(C)c1ccc(C(=O)Nc2c(F)cccc2F)nn1. The largest absolute Gasteiger partial charge is 0.316 e. The first-order valence-electron chi connectivity index (χ1n) is 6.08. The molecule has 0 radical (unpaired) electrons. The number of nitrogens with zero attached hydrogens (tertiary/aromatic N) is 2. The summed E-state index contributed by atoms with van der Waals surface area (Å²) >= 11 is 0. The van der Waals surface area contributed by atoms with Crippen molar-refractivity contribution in [1.29, 1.82) is 0 Å². The molecule has 0 bridgehead atoms. The van der Waals surface area contributed by atoms with Crippen LogP contribution in [0, 0.1) is 11.6 Å². The van der Waals surface area contributed by atoms with Gasteiger partial charge in [-0.2, -0.15) is 5.10 Å². The number of carbonyl (C=O) groups excluding carboxylic acids is 1. The molecule has 0 aliphatic heterocycles. The first kappa shape index (κ1) is 14.0. The molecule has 0 unspecified atom stereocenters. The molecule has 0 saturated heterocycles. The average Bonchev–Trinajstić information content (AvgIpc) is 2.43. The van der Waals surface area contributed by atoms with Crippen molar-refractivity contribution in [3.8, 4) is 0 Å². The van der Waals surface area contributed by atoms with Crippen LogP contribution in [-0.2, 0) is 0 Å². The van der Waals surface area contributed by atoms with Gasteiger partial charge in [-0.3, -0.25) is 4.79 Å². The molecule has 2 aromatic rings. The van der Waals surface area contributed by atoms with Crippen molar-refractivity contribution >= 4 is 11.6 Å². The van der Waals surface area contributed by atoms with E-state index in [1.165, 1.54) is 12.1 Å². The molecule has 0 spiro atoms. The van der Waals surface area contributed by atoms with Crippen LogP contribution in [0.1, 0.15) is 35.9 Å². The van der Waals surface area contributed by atoms with Gasteiger partial charge in [0.1, 0.15) is 17.3 Å². The maximum absolute atomic E-state index is 13.4. The molecule has 1 aromatic carbocycles. The molecule has 6 heteroatoms. The van der Waals surface area contributed by atoms with Crippen molar-refractivity contribution < 1.29 is 13.6 Å². The van der Waals surface area contributed by atoms with Gasteiger partial charge in [-0.15, -0.1) is 5.10 Å². The molecule has 0 aliphatic rings. The van der Waals surface area contributed by atoms with Crippen LogP contribution in [-0.4, -0.2) is 16.1 Å². The number of nitrogens with one attached hydrogen (secondary N) is 1. The smallest absolute Gasteiger partial charge is 0.276 e. The van der Waals surface area contributed by atoms with Crippen LogP contribution in [0.4, 0.5) is 14.5 Å². The maximum Gasteiger partial charge on any atom is 0.276 e. The molecule has 2 rings (SSSR count). The molecule has 0 aliphatic carbocycles. The summed E-state index contributed by atoms with van der Waals surface area (Å²) in [5.41, 5.74) is 0.239. The predicted molar refractivity (Wildman–Crippen MR) is 70.4 cm³/mol. The number of benzene rings is 1. The first-order chi connectivity index (χ1) is 9.49. The quantitative estimate of drug-likeness (QED) is 0.937. The summed E-state index contributed by atoms with van der Waals surface area (Å²) in [5.74, 6) is -2.21. The highest BCUT2D eigenvalue weighted by Crippen LogP contribution is 2.18. The normalized spacial score (nSPS) is 10.7. The Morgan fingerprint density at radius 1 is 1.10 bits per heavy atom. The Morgan fingerprint density at radius 2 is 1.75 bits per heavy atom. The number of hydrogen-bond donors (Lipinski definition) is 1. The van der Waals surface area contributed by atoms with Gasteiger partial charge in [0.15, 0.2) is 5.69 Å². The van der Waals surface area contributed by atoms with Crippen molar-refractivity contribution in [2.75, 3.05) is 5.32 Å². The van der Waals surface area contributed by atoms with Crippen LogP contribution < -0.4 is 5.32 Å². The molecule has 0 atom stereocenters. The van der Waals surface area contributed by atoms with E-state index in [-0.39, 0.29) is 11.6 Å². The fourth-order valence-corrected chi connectivity index (χ4v) is 1.57. The van der Waals surface area contributed by atoms with Crippen molar-refractivity contribution in [1.82, 2.24) is 10.2 Å². The molecule has 1 aromatic heterocycles. The number of halogens is 2. The lowest BCUT2D eigenvalue weighted by molar-refractivity contribution is 0.102. The first-order valence-corrected chi connectivity index (χ1v) is 6.08. The molecular formula is C14H13F2N3O. The van der Waals surface area contributed by atoms with Crippen molar-refractivity contribution in [3.63, 3.8) is 0 Å². The molecule has 1 amide bonds. The third-order valence-corrected chi connectivity index (χ3v) is 2.71. The standard InChI is InChI=1S/C14H13F2N3O/c1-8(2)11-6-7-12(19-18-11)14(20)17-13-9(15)4-3-5-10(13)16/h3-8H,1-2H3,(H,17,20). The van der Waals surface area contributed by atoms with E-state index in [4.69, 9.17) is 0 Å². The Bertz CT molecular complexity index is 607. The highest BCUT2D eigenvalue weighted by molar-refractivity contribution is 6.02. The zero-order valence-electron chi connectivity index (χ0n) is 11.0. The van der Waals surface area contributed by atoms with E-state index in [1.54, 1.807) is 6.07 Å². The van der Waals surface area contributed by atoms with Crippen molar-refractivity contribution in [3.05, 3.63) is 53.4 Å². The minimum atomic E-state index is -0.842. The fraction of sp³-hybridized carbons (Fsp3) is 0.214. The number of carbonyl (C=O) groups is 1. The second-order valence-electron chi connectivity index (χ2n) is 4.55. The minimum Gasteiger partial charge on any atom is -0.316 e. The van der Waals surface area contributed by atoms with Crippen molar-refractivity contribution in [2.45, 2.75) is 19.8 Å². The lowest BCUT2D eigenvalue weighted by Crippen LogP contribution is -2.16. The summed E-state index contributed by atoms with van der Waals surface area (Å²) in [6.07, 6.45) is 0. The van der Waals surface area contributed by atoms with Gasteiger partial charge in [0, 0.05) is 0 Å². The summed E-state index contributed by atoms with van der Waals surface area (Å²) in [6, 6.07) is 6.47. The van der Waals surface area contributed by atoms with E-state index in [9.17, 15) is 13.6 Å². The van der Waals surface area contributed by atoms with Crippen LogP contribution in [0.2, 0.25) is 0 Å². The monoisotopic (exact) mass is 277 g/mol. The van der Waals surface area contributed by atoms with Gasteiger partial charge in [-0.1, -0.05) is 19.9 Å². The Kier molecular flexibility index (Phi) is 4.02. The number of anilines is 1. The van der Waals surface area contributed by atoms with Crippen LogP contribution in [0.25, 0.3) is 0 Å². The number of rotatable bonds is 3. The fourth-order valence-electron chi connectivity index (χ4n) is 1.57. The Hall–Kier alpha value is -2.37. The molecule has 0 fully saturated rings. The topological polar surface area (TPSA) is 54.9 Å². The highest BCUT2D eigenvalue weighted by atomic mass is 19.1. The van der Waals surface area contributed by atoms with Crippen LogP contribution in [0.3, 0.4) is 0 Å². The minimum absolute atomic E-state index is 0.00273. The molecule has 1 heterocycles. The second-order valence-corrected chi connectivity index (χ2v) is 4.55. The number of hydrogen-bond acceptors (Lipinski definition) is 3. The van der Waals surface area contributed by atoms with Gasteiger partial charge < -0.3 is 5.32 Å². The number of aromatic nitrogens is 2. The summed E-state index contributed by atoms with van der Waals surface area (Å²) in [5, 5.41) is 9.79. The van der Waals surface area contributed by atoms with E-state index < -0.39 is 23.2 Å².